The Morgan fingerprint density at radius 3 is 2.49 bits per heavy atom. The van der Waals surface area contributed by atoms with Crippen LogP contribution < -0.4 is 32.8 Å². The van der Waals surface area contributed by atoms with Gasteiger partial charge in [0, 0.05) is 41.4 Å². The number of hydrazine groups is 1. The number of hydrazone groups is 2. The zero-order chi connectivity index (χ0) is 29.6. The lowest BCUT2D eigenvalue weighted by Gasteiger charge is -2.18. The second-order valence-electron chi connectivity index (χ2n) is 8.38. The molecule has 0 unspecified atom stereocenters. The van der Waals surface area contributed by atoms with Crippen LogP contribution in [0.5, 0.6) is 0 Å². The molecule has 0 aliphatic carbocycles. The van der Waals surface area contributed by atoms with E-state index >= 15 is 0 Å². The molecule has 41 heavy (non-hydrogen) atoms. The maximum atomic E-state index is 13.3. The fourth-order valence-electron chi connectivity index (χ4n) is 3.70. The predicted octanol–water partition coefficient (Wildman–Crippen LogP) is 2.36. The monoisotopic (exact) mass is 576 g/mol. The number of nitrogens with two attached hydrogens (primary N) is 2. The third-order valence-electron chi connectivity index (χ3n) is 5.56. The smallest absolute Gasteiger partial charge is 0.299 e. The molecule has 0 bridgehead atoms. The van der Waals surface area contributed by atoms with Crippen LogP contribution in [0.4, 0.5) is 11.4 Å². The molecule has 3 aromatic carbocycles. The quantitative estimate of drug-likeness (QED) is 0.0545. The first-order valence-electron chi connectivity index (χ1n) is 12.2. The van der Waals surface area contributed by atoms with Crippen molar-refractivity contribution in [3.05, 3.63) is 101 Å². The van der Waals surface area contributed by atoms with E-state index < -0.39 is 17.9 Å². The van der Waals surface area contributed by atoms with Gasteiger partial charge in [-0.15, -0.1) is 5.10 Å². The van der Waals surface area contributed by atoms with Gasteiger partial charge in [-0.2, -0.15) is 5.10 Å². The van der Waals surface area contributed by atoms with Gasteiger partial charge in [0.15, 0.2) is 0 Å². The van der Waals surface area contributed by atoms with E-state index in [1.807, 2.05) is 30.3 Å². The lowest BCUT2D eigenvalue weighted by Crippen LogP contribution is -2.44. The molecule has 0 aliphatic heterocycles. The summed E-state index contributed by atoms with van der Waals surface area (Å²) in [5.41, 5.74) is 5.40. The van der Waals surface area contributed by atoms with Crippen molar-refractivity contribution in [3.63, 3.8) is 0 Å². The van der Waals surface area contributed by atoms with Gasteiger partial charge in [-0.25, -0.2) is 5.84 Å². The first kappa shape index (κ1) is 30.3. The summed E-state index contributed by atoms with van der Waals surface area (Å²) in [6, 6.07) is 19.8. The molecule has 7 N–H and O–H groups in total. The van der Waals surface area contributed by atoms with E-state index in [1.54, 1.807) is 49.5 Å². The summed E-state index contributed by atoms with van der Waals surface area (Å²) in [4.78, 5) is 37.0. The number of nitrogens with zero attached hydrogens (tertiary/aromatic N) is 3. The Balaban J connectivity index is 1.79. The van der Waals surface area contributed by atoms with E-state index in [4.69, 9.17) is 28.0 Å². The number of hydrogen-bond donors (Lipinski definition) is 5. The Hall–Kier alpha value is -5.20. The molecular formula is C28H29ClN8O4. The van der Waals surface area contributed by atoms with Crippen molar-refractivity contribution in [2.24, 2.45) is 21.9 Å². The molecule has 0 aliphatic rings. The Morgan fingerprint density at radius 1 is 1.10 bits per heavy atom. The topological polar surface area (TPSA) is 177 Å². The fourth-order valence-corrected chi connectivity index (χ4v) is 3.88. The second-order valence-corrected chi connectivity index (χ2v) is 8.82. The van der Waals surface area contributed by atoms with Gasteiger partial charge in [0.05, 0.1) is 5.69 Å². The maximum Gasteiger partial charge on any atom is 0.299 e. The Morgan fingerprint density at radius 2 is 1.83 bits per heavy atom. The van der Waals surface area contributed by atoms with Gasteiger partial charge in [0.25, 0.3) is 6.47 Å². The molecule has 1 atom stereocenters. The average molecular weight is 577 g/mol. The molecule has 0 aromatic heterocycles. The van der Waals surface area contributed by atoms with Crippen LogP contribution in [0.25, 0.3) is 6.08 Å². The highest BCUT2D eigenvalue weighted by molar-refractivity contribution is 6.30. The van der Waals surface area contributed by atoms with Crippen molar-refractivity contribution in [1.82, 2.24) is 10.7 Å². The second kappa shape index (κ2) is 15.4. The van der Waals surface area contributed by atoms with Gasteiger partial charge in [-0.05, 0) is 54.1 Å². The number of carbonyl (C=O) groups is 3. The SMILES string of the molecule is CN/N=C(\OC=O)c1ccc(NC(=O)[C@H](Cc2ccccc2)NC(=O)/C=C/c2cc(Cl)ccc2N(N)/C=N\N)cc1. The van der Waals surface area contributed by atoms with E-state index in [9.17, 15) is 14.4 Å². The molecule has 0 spiro atoms. The van der Waals surface area contributed by atoms with Crippen molar-refractivity contribution in [2.75, 3.05) is 17.4 Å². The first-order valence-corrected chi connectivity index (χ1v) is 12.6. The molecule has 0 radical (unpaired) electrons. The van der Waals surface area contributed by atoms with E-state index in [0.29, 0.717) is 27.5 Å². The van der Waals surface area contributed by atoms with Crippen LogP contribution in [0.1, 0.15) is 16.7 Å². The number of amides is 2. The number of benzene rings is 3. The van der Waals surface area contributed by atoms with Crippen molar-refractivity contribution < 1.29 is 19.1 Å². The normalized spacial score (nSPS) is 12.1. The van der Waals surface area contributed by atoms with E-state index in [1.165, 1.54) is 23.5 Å². The highest BCUT2D eigenvalue weighted by Crippen LogP contribution is 2.23. The van der Waals surface area contributed by atoms with E-state index in [2.05, 4.69) is 26.3 Å². The summed E-state index contributed by atoms with van der Waals surface area (Å²) >= 11 is 6.13. The maximum absolute atomic E-state index is 13.3. The summed E-state index contributed by atoms with van der Waals surface area (Å²) in [6.07, 6.45) is 4.24. The summed E-state index contributed by atoms with van der Waals surface area (Å²) in [7, 11) is 1.57. The standard InChI is InChI=1S/C28H29ClN8O4/c1-32-36-28(41-18-38)20-7-11-23(12-8-20)34-27(40)24(15-19-5-3-2-4-6-19)35-26(39)14-9-21-16-22(29)10-13-25(21)37(31)17-33-30/h2-14,16-18,24,32H,15,30-31H2,1H3,(H,34,40)(H,35,39)/b14-9+,33-17-,36-28-/t24-/m0/s1. The Labute approximate surface area is 241 Å². The van der Waals surface area contributed by atoms with Crippen molar-refractivity contribution in [2.45, 2.75) is 12.5 Å². The lowest BCUT2D eigenvalue weighted by molar-refractivity contribution is -0.123. The highest BCUT2D eigenvalue weighted by atomic mass is 35.5. The highest BCUT2D eigenvalue weighted by Gasteiger charge is 2.21. The number of hydrogen-bond acceptors (Lipinski definition) is 9. The summed E-state index contributed by atoms with van der Waals surface area (Å²) in [5, 5.41) is 14.5. The van der Waals surface area contributed by atoms with Crippen molar-refractivity contribution in [1.29, 1.82) is 0 Å². The van der Waals surface area contributed by atoms with Crippen LogP contribution >= 0.6 is 11.6 Å². The van der Waals surface area contributed by atoms with Crippen LogP contribution in [0.2, 0.25) is 5.02 Å². The molecular weight excluding hydrogens is 548 g/mol. The molecule has 3 aromatic rings. The molecule has 3 rings (SSSR count). The zero-order valence-corrected chi connectivity index (χ0v) is 22.8. The van der Waals surface area contributed by atoms with Gasteiger partial charge < -0.3 is 26.6 Å². The number of carbonyl (C=O) groups excluding carboxylic acids is 3. The zero-order valence-electron chi connectivity index (χ0n) is 22.0. The van der Waals surface area contributed by atoms with E-state index in [-0.39, 0.29) is 18.8 Å². The summed E-state index contributed by atoms with van der Waals surface area (Å²) in [6.45, 7) is 0.269. The van der Waals surface area contributed by atoms with E-state index in [0.717, 1.165) is 5.56 Å². The van der Waals surface area contributed by atoms with Crippen LogP contribution in [0, 0.1) is 0 Å². The molecule has 0 fully saturated rings. The number of rotatable bonds is 12. The van der Waals surface area contributed by atoms with Gasteiger partial charge in [0.2, 0.25) is 17.7 Å². The molecule has 212 valence electrons. The van der Waals surface area contributed by atoms with Crippen LogP contribution in [-0.4, -0.2) is 43.6 Å². The minimum absolute atomic E-state index is 0.0670. The minimum Gasteiger partial charge on any atom is -0.407 e. The van der Waals surface area contributed by atoms with Gasteiger partial charge >= 0.3 is 0 Å². The Kier molecular flexibility index (Phi) is 11.4. The molecule has 12 nitrogen and oxygen atoms in total. The van der Waals surface area contributed by atoms with Gasteiger partial charge in [-0.3, -0.25) is 19.4 Å². The Bertz CT molecular complexity index is 1430. The van der Waals surface area contributed by atoms with Crippen LogP contribution in [0.15, 0.2) is 89.1 Å². The molecule has 0 heterocycles. The number of anilines is 2. The predicted molar refractivity (Wildman–Crippen MR) is 160 cm³/mol. The average Bonchev–Trinajstić information content (AvgIpc) is 2.97. The van der Waals surface area contributed by atoms with Crippen molar-refractivity contribution >= 4 is 59.6 Å². The van der Waals surface area contributed by atoms with Gasteiger partial charge in [-0.1, -0.05) is 41.9 Å². The van der Waals surface area contributed by atoms with Crippen molar-refractivity contribution in [3.8, 4) is 0 Å². The molecule has 13 heteroatoms. The summed E-state index contributed by atoms with van der Waals surface area (Å²) < 4.78 is 4.87. The third-order valence-corrected chi connectivity index (χ3v) is 5.80. The largest absolute Gasteiger partial charge is 0.407 e. The number of ether oxygens (including phenoxy) is 1. The van der Waals surface area contributed by atoms with Crippen LogP contribution in [0.3, 0.4) is 0 Å². The lowest BCUT2D eigenvalue weighted by atomic mass is 10.0. The number of nitrogens with one attached hydrogen (secondary N) is 3. The summed E-state index contributed by atoms with van der Waals surface area (Å²) in [5.74, 6) is 10.2. The number of halogens is 1. The minimum atomic E-state index is -0.914. The molecule has 2 amide bonds. The van der Waals surface area contributed by atoms with Crippen LogP contribution in [-0.2, 0) is 25.5 Å². The molecule has 0 saturated heterocycles. The first-order chi connectivity index (χ1) is 19.8. The third kappa shape index (κ3) is 9.20. The molecule has 0 saturated carbocycles. The fraction of sp³-hybridized carbons (Fsp3) is 0.107. The van der Waals surface area contributed by atoms with Gasteiger partial charge in [0.1, 0.15) is 12.4 Å².